The van der Waals surface area contributed by atoms with Crippen LogP contribution in [0.3, 0.4) is 0 Å². The first-order chi connectivity index (χ1) is 12.1. The predicted octanol–water partition coefficient (Wildman–Crippen LogP) is 5.69. The fraction of sp³-hybridized carbons (Fsp3) is 0.158. The molecule has 1 N–H and O–H groups in total. The number of nitrogens with one attached hydrogen (secondary N) is 1. The summed E-state index contributed by atoms with van der Waals surface area (Å²) >= 11 is 6.72. The van der Waals surface area contributed by atoms with Crippen molar-refractivity contribution in [3.8, 4) is 0 Å². The zero-order chi connectivity index (χ0) is 17.6. The molecule has 0 aliphatic rings. The number of rotatable bonds is 6. The van der Waals surface area contributed by atoms with Crippen LogP contribution in [-0.2, 0) is 17.0 Å². The molecule has 0 spiro atoms. The minimum atomic E-state index is -0.0430. The Morgan fingerprint density at radius 1 is 1.16 bits per heavy atom. The van der Waals surface area contributed by atoms with Crippen LogP contribution in [0.25, 0.3) is 0 Å². The molecule has 3 aromatic rings. The van der Waals surface area contributed by atoms with Gasteiger partial charge in [0.2, 0.25) is 5.91 Å². The van der Waals surface area contributed by atoms with Crippen LogP contribution in [-0.4, -0.2) is 10.9 Å². The summed E-state index contributed by atoms with van der Waals surface area (Å²) in [5, 5.41) is 4.86. The summed E-state index contributed by atoms with van der Waals surface area (Å²) in [7, 11) is 0. The number of amides is 1. The van der Waals surface area contributed by atoms with Crippen molar-refractivity contribution in [2.45, 2.75) is 23.4 Å². The smallest absolute Gasteiger partial charge is 0.230 e. The van der Waals surface area contributed by atoms with Gasteiger partial charge in [-0.2, -0.15) is 0 Å². The Kier molecular flexibility index (Phi) is 6.29. The van der Waals surface area contributed by atoms with E-state index in [1.807, 2.05) is 48.7 Å². The fourth-order valence-electron chi connectivity index (χ4n) is 2.17. The highest BCUT2D eigenvalue weighted by atomic mass is 79.9. The quantitative estimate of drug-likeness (QED) is 0.508. The van der Waals surface area contributed by atoms with Crippen LogP contribution in [0.4, 0.5) is 5.69 Å². The minimum absolute atomic E-state index is 0.0430. The highest BCUT2D eigenvalue weighted by Crippen LogP contribution is 2.27. The average molecular weight is 433 g/mol. The number of thiazole rings is 1. The van der Waals surface area contributed by atoms with Gasteiger partial charge in [0.1, 0.15) is 4.34 Å². The Labute approximate surface area is 164 Å². The molecule has 25 heavy (non-hydrogen) atoms. The van der Waals surface area contributed by atoms with Crippen molar-refractivity contribution in [2.24, 2.45) is 0 Å². The fourth-order valence-corrected chi connectivity index (χ4v) is 4.23. The molecule has 1 heterocycles. The maximum absolute atomic E-state index is 12.1. The first-order valence-corrected chi connectivity index (χ1v) is 10.4. The molecule has 3 nitrogen and oxygen atoms in total. The lowest BCUT2D eigenvalue weighted by molar-refractivity contribution is -0.115. The second-order valence-corrected chi connectivity index (χ2v) is 8.61. The van der Waals surface area contributed by atoms with E-state index in [0.29, 0.717) is 6.42 Å². The van der Waals surface area contributed by atoms with E-state index in [4.69, 9.17) is 0 Å². The van der Waals surface area contributed by atoms with Gasteiger partial charge in [-0.15, -0.1) is 11.3 Å². The van der Waals surface area contributed by atoms with Crippen LogP contribution in [0.15, 0.2) is 62.7 Å². The highest BCUT2D eigenvalue weighted by Gasteiger charge is 2.09. The van der Waals surface area contributed by atoms with Crippen LogP contribution < -0.4 is 5.32 Å². The van der Waals surface area contributed by atoms with Crippen LogP contribution in [0.5, 0.6) is 0 Å². The van der Waals surface area contributed by atoms with E-state index < -0.39 is 0 Å². The summed E-state index contributed by atoms with van der Waals surface area (Å²) < 4.78 is 2.07. The molecule has 0 saturated carbocycles. The number of aromatic nitrogens is 1. The zero-order valence-electron chi connectivity index (χ0n) is 13.7. The third kappa shape index (κ3) is 5.70. The molecule has 1 amide bonds. The SMILES string of the molecule is Cc1ccc(NC(=O)Cc2csc(SCc3ccc(Br)cc3)n2)cc1. The van der Waals surface area contributed by atoms with Gasteiger partial charge in [-0.05, 0) is 36.8 Å². The van der Waals surface area contributed by atoms with Crippen molar-refractivity contribution < 1.29 is 4.79 Å². The molecule has 0 fully saturated rings. The standard InChI is InChI=1S/C19H17BrN2OS2/c1-13-2-8-16(9-3-13)21-18(23)10-17-12-25-19(22-17)24-11-14-4-6-15(20)7-5-14/h2-9,12H,10-11H2,1H3,(H,21,23). The van der Waals surface area contributed by atoms with Gasteiger partial charge < -0.3 is 5.32 Å². The second-order valence-electron chi connectivity index (χ2n) is 5.61. The summed E-state index contributed by atoms with van der Waals surface area (Å²) in [6, 6.07) is 16.1. The Balaban J connectivity index is 1.51. The van der Waals surface area contributed by atoms with Gasteiger partial charge in [0, 0.05) is 21.3 Å². The average Bonchev–Trinajstić information content (AvgIpc) is 3.04. The molecule has 1 aromatic heterocycles. The zero-order valence-corrected chi connectivity index (χ0v) is 16.9. The minimum Gasteiger partial charge on any atom is -0.326 e. The number of carbonyl (C=O) groups excluding carboxylic acids is 1. The van der Waals surface area contributed by atoms with E-state index in [1.165, 1.54) is 11.1 Å². The molecule has 0 bridgehead atoms. The predicted molar refractivity (Wildman–Crippen MR) is 109 cm³/mol. The molecule has 0 saturated heterocycles. The summed E-state index contributed by atoms with van der Waals surface area (Å²) in [5.74, 6) is 0.828. The molecule has 128 valence electrons. The lowest BCUT2D eigenvalue weighted by Gasteiger charge is -2.04. The molecule has 0 unspecified atom stereocenters. The van der Waals surface area contributed by atoms with E-state index in [-0.39, 0.29) is 5.91 Å². The van der Waals surface area contributed by atoms with Gasteiger partial charge in [0.15, 0.2) is 0 Å². The number of anilines is 1. The molecule has 0 radical (unpaired) electrons. The lowest BCUT2D eigenvalue weighted by atomic mass is 10.2. The number of hydrogen-bond donors (Lipinski definition) is 1. The summed E-state index contributed by atoms with van der Waals surface area (Å²) in [4.78, 5) is 16.7. The molecule has 0 aliphatic carbocycles. The Morgan fingerprint density at radius 2 is 1.88 bits per heavy atom. The molecular formula is C19H17BrN2OS2. The van der Waals surface area contributed by atoms with Crippen LogP contribution in [0, 0.1) is 6.92 Å². The molecule has 0 atom stereocenters. The third-order valence-electron chi connectivity index (χ3n) is 3.48. The molecule has 2 aromatic carbocycles. The van der Waals surface area contributed by atoms with Gasteiger partial charge in [0.05, 0.1) is 12.1 Å². The Hall–Kier alpha value is -1.63. The summed E-state index contributed by atoms with van der Waals surface area (Å²) in [5.41, 5.74) is 4.05. The van der Waals surface area contributed by atoms with Gasteiger partial charge in [0.25, 0.3) is 0 Å². The van der Waals surface area contributed by atoms with Gasteiger partial charge in [-0.1, -0.05) is 57.5 Å². The lowest BCUT2D eigenvalue weighted by Crippen LogP contribution is -2.14. The first kappa shape index (κ1) is 18.2. The van der Waals surface area contributed by atoms with E-state index in [9.17, 15) is 4.79 Å². The molecular weight excluding hydrogens is 416 g/mol. The first-order valence-electron chi connectivity index (χ1n) is 7.77. The van der Waals surface area contributed by atoms with Crippen molar-refractivity contribution in [1.29, 1.82) is 0 Å². The van der Waals surface area contributed by atoms with E-state index in [0.717, 1.165) is 25.9 Å². The van der Waals surface area contributed by atoms with Crippen molar-refractivity contribution in [3.05, 3.63) is 75.2 Å². The maximum atomic E-state index is 12.1. The summed E-state index contributed by atoms with van der Waals surface area (Å²) in [6.45, 7) is 2.02. The maximum Gasteiger partial charge on any atom is 0.230 e. The Bertz CT molecular complexity index is 845. The van der Waals surface area contributed by atoms with Crippen LogP contribution >= 0.6 is 39.0 Å². The number of aryl methyl sites for hydroxylation is 1. The van der Waals surface area contributed by atoms with E-state index in [2.05, 4.69) is 38.4 Å². The van der Waals surface area contributed by atoms with E-state index >= 15 is 0 Å². The number of benzene rings is 2. The number of halogens is 1. The number of thioether (sulfide) groups is 1. The van der Waals surface area contributed by atoms with Crippen molar-refractivity contribution in [3.63, 3.8) is 0 Å². The normalized spacial score (nSPS) is 10.6. The molecule has 6 heteroatoms. The van der Waals surface area contributed by atoms with Crippen molar-refractivity contribution >= 4 is 50.6 Å². The van der Waals surface area contributed by atoms with Crippen LogP contribution in [0.2, 0.25) is 0 Å². The third-order valence-corrected chi connectivity index (χ3v) is 6.15. The molecule has 3 rings (SSSR count). The largest absolute Gasteiger partial charge is 0.326 e. The topological polar surface area (TPSA) is 42.0 Å². The van der Waals surface area contributed by atoms with Crippen molar-refractivity contribution in [2.75, 3.05) is 5.32 Å². The highest BCUT2D eigenvalue weighted by molar-refractivity contribution is 9.10. The Morgan fingerprint density at radius 3 is 2.60 bits per heavy atom. The van der Waals surface area contributed by atoms with Crippen LogP contribution in [0.1, 0.15) is 16.8 Å². The molecule has 0 aliphatic heterocycles. The monoisotopic (exact) mass is 432 g/mol. The second kappa shape index (κ2) is 8.65. The van der Waals surface area contributed by atoms with Crippen molar-refractivity contribution in [1.82, 2.24) is 4.98 Å². The summed E-state index contributed by atoms with van der Waals surface area (Å²) in [6.07, 6.45) is 0.295. The number of nitrogens with zero attached hydrogens (tertiary/aromatic N) is 1. The van der Waals surface area contributed by atoms with E-state index in [1.54, 1.807) is 23.1 Å². The number of carbonyl (C=O) groups is 1. The van der Waals surface area contributed by atoms with Gasteiger partial charge in [-0.25, -0.2) is 4.98 Å². The van der Waals surface area contributed by atoms with Gasteiger partial charge in [-0.3, -0.25) is 4.79 Å². The number of hydrogen-bond acceptors (Lipinski definition) is 4. The van der Waals surface area contributed by atoms with Gasteiger partial charge >= 0.3 is 0 Å².